The second kappa shape index (κ2) is 9.56. The maximum Gasteiger partial charge on any atom is 0.193 e. The normalized spacial score (nSPS) is 12.4. The Morgan fingerprint density at radius 3 is 2.54 bits per heavy atom. The Morgan fingerprint density at radius 2 is 1.88 bits per heavy atom. The van der Waals surface area contributed by atoms with Crippen molar-refractivity contribution in [2.24, 2.45) is 10.7 Å². The second-order valence-corrected chi connectivity index (χ2v) is 5.89. The Bertz CT molecular complexity index is 747. The lowest BCUT2D eigenvalue weighted by Gasteiger charge is -2.16. The van der Waals surface area contributed by atoms with Crippen LogP contribution < -0.4 is 25.3 Å². The highest BCUT2D eigenvalue weighted by atomic mass is 16.5. The third-order valence-corrected chi connectivity index (χ3v) is 3.87. The van der Waals surface area contributed by atoms with Gasteiger partial charge < -0.3 is 25.3 Å². The number of nitrogens with two attached hydrogens (primary N) is 1. The van der Waals surface area contributed by atoms with Crippen molar-refractivity contribution in [2.75, 3.05) is 26.1 Å². The van der Waals surface area contributed by atoms with Crippen LogP contribution >= 0.6 is 0 Å². The van der Waals surface area contributed by atoms with Crippen LogP contribution in [0.3, 0.4) is 0 Å². The monoisotopic (exact) mass is 357 g/mol. The lowest BCUT2D eigenvalue weighted by molar-refractivity contribution is 0.205. The number of aryl methyl sites for hydroxylation is 1. The molecule has 1 atom stereocenters. The van der Waals surface area contributed by atoms with Crippen LogP contribution in [0.1, 0.15) is 18.9 Å². The molecule has 1 unspecified atom stereocenters. The molecule has 2 aromatic rings. The summed E-state index contributed by atoms with van der Waals surface area (Å²) < 4.78 is 16.5. The van der Waals surface area contributed by atoms with Gasteiger partial charge in [-0.2, -0.15) is 0 Å². The van der Waals surface area contributed by atoms with E-state index in [-0.39, 0.29) is 6.10 Å². The molecule has 6 heteroatoms. The van der Waals surface area contributed by atoms with Crippen LogP contribution in [0.2, 0.25) is 0 Å². The van der Waals surface area contributed by atoms with Crippen LogP contribution in [0.25, 0.3) is 0 Å². The molecule has 0 aliphatic carbocycles. The van der Waals surface area contributed by atoms with E-state index in [0.29, 0.717) is 24.0 Å². The SMILES string of the molecule is CCC(CN=C(N)Nc1ccc(OC)c(OC)c1)Oc1cccc(C)c1. The van der Waals surface area contributed by atoms with Gasteiger partial charge in [0.1, 0.15) is 11.9 Å². The number of hydrogen-bond acceptors (Lipinski definition) is 4. The highest BCUT2D eigenvalue weighted by Gasteiger charge is 2.09. The minimum Gasteiger partial charge on any atom is -0.493 e. The van der Waals surface area contributed by atoms with Crippen LogP contribution in [0.15, 0.2) is 47.5 Å². The van der Waals surface area contributed by atoms with E-state index in [9.17, 15) is 0 Å². The molecular formula is C20H27N3O3. The zero-order valence-corrected chi connectivity index (χ0v) is 15.8. The summed E-state index contributed by atoms with van der Waals surface area (Å²) in [5, 5.41) is 3.06. The first-order chi connectivity index (χ1) is 12.5. The quantitative estimate of drug-likeness (QED) is 0.557. The molecule has 0 aromatic heterocycles. The van der Waals surface area contributed by atoms with Crippen LogP contribution in [-0.4, -0.2) is 32.8 Å². The summed E-state index contributed by atoms with van der Waals surface area (Å²) in [5.74, 6) is 2.45. The summed E-state index contributed by atoms with van der Waals surface area (Å²) in [6.45, 7) is 4.57. The van der Waals surface area contributed by atoms with E-state index >= 15 is 0 Å². The molecule has 3 N–H and O–H groups in total. The van der Waals surface area contributed by atoms with Crippen LogP contribution in [0.4, 0.5) is 5.69 Å². The first-order valence-corrected chi connectivity index (χ1v) is 8.58. The lowest BCUT2D eigenvalue weighted by Crippen LogP contribution is -2.26. The van der Waals surface area contributed by atoms with Gasteiger partial charge in [0.25, 0.3) is 0 Å². The maximum absolute atomic E-state index is 6.00. The van der Waals surface area contributed by atoms with Crippen molar-refractivity contribution in [2.45, 2.75) is 26.4 Å². The Hall–Kier alpha value is -2.89. The van der Waals surface area contributed by atoms with Crippen molar-refractivity contribution in [3.63, 3.8) is 0 Å². The van der Waals surface area contributed by atoms with Crippen LogP contribution in [-0.2, 0) is 0 Å². The summed E-state index contributed by atoms with van der Waals surface area (Å²) in [6, 6.07) is 13.4. The Labute approximate surface area is 155 Å². The molecule has 0 saturated carbocycles. The zero-order valence-electron chi connectivity index (χ0n) is 15.8. The minimum atomic E-state index is -0.0393. The van der Waals surface area contributed by atoms with Crippen molar-refractivity contribution in [3.05, 3.63) is 48.0 Å². The van der Waals surface area contributed by atoms with Gasteiger partial charge in [-0.15, -0.1) is 0 Å². The lowest BCUT2D eigenvalue weighted by atomic mass is 10.2. The Balaban J connectivity index is 1.97. The van der Waals surface area contributed by atoms with Gasteiger partial charge in [-0.3, -0.25) is 0 Å². The molecule has 140 valence electrons. The number of ether oxygens (including phenoxy) is 3. The van der Waals surface area contributed by atoms with Crippen LogP contribution in [0.5, 0.6) is 17.2 Å². The number of methoxy groups -OCH3 is 2. The summed E-state index contributed by atoms with van der Waals surface area (Å²) in [5.41, 5.74) is 7.94. The molecule has 0 aliphatic rings. The fraction of sp³-hybridized carbons (Fsp3) is 0.350. The molecule has 0 spiro atoms. The largest absolute Gasteiger partial charge is 0.493 e. The van der Waals surface area contributed by atoms with Gasteiger partial charge in [-0.25, -0.2) is 4.99 Å². The average molecular weight is 357 g/mol. The number of nitrogens with zero attached hydrogens (tertiary/aromatic N) is 1. The van der Waals surface area contributed by atoms with E-state index in [0.717, 1.165) is 23.4 Å². The van der Waals surface area contributed by atoms with Gasteiger partial charge >= 0.3 is 0 Å². The molecule has 0 amide bonds. The van der Waals surface area contributed by atoms with Crippen molar-refractivity contribution >= 4 is 11.6 Å². The Morgan fingerprint density at radius 1 is 1.12 bits per heavy atom. The molecule has 0 radical (unpaired) electrons. The molecule has 6 nitrogen and oxygen atoms in total. The minimum absolute atomic E-state index is 0.0393. The number of benzene rings is 2. The summed E-state index contributed by atoms with van der Waals surface area (Å²) in [7, 11) is 3.19. The van der Waals surface area contributed by atoms with Gasteiger partial charge in [0, 0.05) is 11.8 Å². The molecule has 0 bridgehead atoms. The predicted molar refractivity (Wildman–Crippen MR) is 106 cm³/mol. The molecule has 0 saturated heterocycles. The highest BCUT2D eigenvalue weighted by Crippen LogP contribution is 2.29. The summed E-state index contributed by atoms with van der Waals surface area (Å²) in [4.78, 5) is 4.39. The first kappa shape index (κ1) is 19.4. The number of aliphatic imine (C=N–C) groups is 1. The number of guanidine groups is 1. The van der Waals surface area contributed by atoms with Crippen molar-refractivity contribution in [1.82, 2.24) is 0 Å². The van der Waals surface area contributed by atoms with Crippen LogP contribution in [0, 0.1) is 6.92 Å². The number of rotatable bonds is 8. The third kappa shape index (κ3) is 5.58. The van der Waals surface area contributed by atoms with Crippen molar-refractivity contribution in [1.29, 1.82) is 0 Å². The van der Waals surface area contributed by atoms with Gasteiger partial charge in [-0.1, -0.05) is 19.1 Å². The molecule has 2 aromatic carbocycles. The molecule has 0 fully saturated rings. The fourth-order valence-electron chi connectivity index (χ4n) is 2.43. The van der Waals surface area contributed by atoms with Gasteiger partial charge in [0.15, 0.2) is 17.5 Å². The maximum atomic E-state index is 6.00. The zero-order chi connectivity index (χ0) is 18.9. The van der Waals surface area contributed by atoms with E-state index in [2.05, 4.69) is 17.2 Å². The highest BCUT2D eigenvalue weighted by molar-refractivity contribution is 5.92. The van der Waals surface area contributed by atoms with Crippen molar-refractivity contribution < 1.29 is 14.2 Å². The van der Waals surface area contributed by atoms with E-state index < -0.39 is 0 Å². The fourth-order valence-corrected chi connectivity index (χ4v) is 2.43. The molecular weight excluding hydrogens is 330 g/mol. The molecule has 0 aliphatic heterocycles. The number of nitrogens with one attached hydrogen (secondary N) is 1. The van der Waals surface area contributed by atoms with E-state index in [4.69, 9.17) is 19.9 Å². The van der Waals surface area contributed by atoms with E-state index in [1.807, 2.05) is 49.4 Å². The molecule has 2 rings (SSSR count). The third-order valence-electron chi connectivity index (χ3n) is 3.87. The average Bonchev–Trinajstić information content (AvgIpc) is 2.65. The topological polar surface area (TPSA) is 78.1 Å². The van der Waals surface area contributed by atoms with E-state index in [1.165, 1.54) is 0 Å². The molecule has 26 heavy (non-hydrogen) atoms. The predicted octanol–water partition coefficient (Wildman–Crippen LogP) is 3.60. The van der Waals surface area contributed by atoms with Gasteiger partial charge in [-0.05, 0) is 43.2 Å². The van der Waals surface area contributed by atoms with Gasteiger partial charge in [0.05, 0.1) is 20.8 Å². The second-order valence-electron chi connectivity index (χ2n) is 5.89. The first-order valence-electron chi connectivity index (χ1n) is 8.58. The van der Waals surface area contributed by atoms with Gasteiger partial charge in [0.2, 0.25) is 0 Å². The smallest absolute Gasteiger partial charge is 0.193 e. The number of anilines is 1. The van der Waals surface area contributed by atoms with Crippen molar-refractivity contribution in [3.8, 4) is 17.2 Å². The van der Waals surface area contributed by atoms with E-state index in [1.54, 1.807) is 14.2 Å². The Kier molecular flexibility index (Phi) is 7.14. The number of hydrogen-bond donors (Lipinski definition) is 2. The standard InChI is InChI=1S/C20H27N3O3/c1-5-16(26-17-8-6-7-14(2)11-17)13-22-20(21)23-15-9-10-18(24-3)19(12-15)25-4/h6-12,16H,5,13H2,1-4H3,(H3,21,22,23). The summed E-state index contributed by atoms with van der Waals surface area (Å²) >= 11 is 0. The summed E-state index contributed by atoms with van der Waals surface area (Å²) in [6.07, 6.45) is 0.795. The molecule has 0 heterocycles.